The maximum atomic E-state index is 11.2. The van der Waals surface area contributed by atoms with Gasteiger partial charge in [-0.1, -0.05) is 18.7 Å². The highest BCUT2D eigenvalue weighted by Crippen LogP contribution is 2.24. The molecule has 0 aromatic heterocycles. The fraction of sp³-hybridized carbons (Fsp3) is 0.364. The summed E-state index contributed by atoms with van der Waals surface area (Å²) in [6.07, 6.45) is 6.66. The largest absolute Gasteiger partial charge is 0.312 e. The lowest BCUT2D eigenvalue weighted by Crippen LogP contribution is -2.24. The fourth-order valence-corrected chi connectivity index (χ4v) is 1.54. The Bertz CT molecular complexity index is 286. The van der Waals surface area contributed by atoms with Crippen molar-refractivity contribution in [1.82, 2.24) is 4.90 Å². The summed E-state index contributed by atoms with van der Waals surface area (Å²) in [6, 6.07) is 0. The Kier molecular flexibility index (Phi) is 3.07. The molecule has 0 fully saturated rings. The molecule has 0 atom stereocenters. The minimum absolute atomic E-state index is 0.102. The highest BCUT2D eigenvalue weighted by atomic mass is 16.2. The SMILES string of the molecule is C=CC1=C(/C=C\C)N(C(C)=O)CC1. The first-order valence-electron chi connectivity index (χ1n) is 4.47. The van der Waals surface area contributed by atoms with Crippen molar-refractivity contribution in [2.75, 3.05) is 6.54 Å². The van der Waals surface area contributed by atoms with Crippen LogP contribution in [-0.4, -0.2) is 17.4 Å². The van der Waals surface area contributed by atoms with Crippen LogP contribution < -0.4 is 0 Å². The van der Waals surface area contributed by atoms with Crippen LogP contribution in [0.1, 0.15) is 20.3 Å². The van der Waals surface area contributed by atoms with Crippen LogP contribution in [0.4, 0.5) is 0 Å². The van der Waals surface area contributed by atoms with Crippen molar-refractivity contribution < 1.29 is 4.79 Å². The topological polar surface area (TPSA) is 20.3 Å². The van der Waals surface area contributed by atoms with Gasteiger partial charge in [0.05, 0.1) is 0 Å². The minimum atomic E-state index is 0.102. The van der Waals surface area contributed by atoms with Crippen molar-refractivity contribution in [2.24, 2.45) is 0 Å². The van der Waals surface area contributed by atoms with Crippen molar-refractivity contribution in [3.63, 3.8) is 0 Å². The number of hydrogen-bond acceptors (Lipinski definition) is 1. The Morgan fingerprint density at radius 1 is 1.62 bits per heavy atom. The van der Waals surface area contributed by atoms with E-state index in [1.54, 1.807) is 11.8 Å². The highest BCUT2D eigenvalue weighted by Gasteiger charge is 2.21. The Hall–Kier alpha value is -1.31. The van der Waals surface area contributed by atoms with E-state index < -0.39 is 0 Å². The molecule has 0 aliphatic carbocycles. The second kappa shape index (κ2) is 4.08. The van der Waals surface area contributed by atoms with Gasteiger partial charge in [-0.25, -0.2) is 0 Å². The lowest BCUT2D eigenvalue weighted by molar-refractivity contribution is -0.126. The molecule has 0 unspecified atom stereocenters. The molecule has 13 heavy (non-hydrogen) atoms. The predicted molar refractivity (Wildman–Crippen MR) is 54.0 cm³/mol. The van der Waals surface area contributed by atoms with Crippen LogP contribution in [0.15, 0.2) is 36.1 Å². The van der Waals surface area contributed by atoms with Gasteiger partial charge in [0.15, 0.2) is 0 Å². The van der Waals surface area contributed by atoms with Crippen molar-refractivity contribution in [1.29, 1.82) is 0 Å². The lowest BCUT2D eigenvalue weighted by atomic mass is 10.2. The molecular formula is C11H15NO. The molecular weight excluding hydrogens is 162 g/mol. The molecule has 1 aliphatic heterocycles. The fourth-order valence-electron chi connectivity index (χ4n) is 1.54. The Balaban J connectivity index is 3.00. The van der Waals surface area contributed by atoms with Crippen molar-refractivity contribution in [3.8, 4) is 0 Å². The maximum Gasteiger partial charge on any atom is 0.223 e. The van der Waals surface area contributed by atoms with Gasteiger partial charge in [-0.15, -0.1) is 0 Å². The monoisotopic (exact) mass is 177 g/mol. The van der Waals surface area contributed by atoms with Crippen LogP contribution in [-0.2, 0) is 4.79 Å². The summed E-state index contributed by atoms with van der Waals surface area (Å²) in [6.45, 7) is 8.07. The zero-order valence-corrected chi connectivity index (χ0v) is 8.21. The molecule has 1 heterocycles. The first-order valence-corrected chi connectivity index (χ1v) is 4.47. The van der Waals surface area contributed by atoms with E-state index >= 15 is 0 Å². The zero-order valence-electron chi connectivity index (χ0n) is 8.21. The van der Waals surface area contributed by atoms with Gasteiger partial charge >= 0.3 is 0 Å². The summed E-state index contributed by atoms with van der Waals surface area (Å²) < 4.78 is 0. The summed E-state index contributed by atoms with van der Waals surface area (Å²) in [5.41, 5.74) is 2.17. The molecule has 70 valence electrons. The second-order valence-electron chi connectivity index (χ2n) is 3.04. The van der Waals surface area contributed by atoms with Gasteiger partial charge in [0.2, 0.25) is 5.91 Å². The van der Waals surface area contributed by atoms with Gasteiger partial charge in [-0.2, -0.15) is 0 Å². The minimum Gasteiger partial charge on any atom is -0.312 e. The molecule has 2 heteroatoms. The Labute approximate surface area is 79.2 Å². The van der Waals surface area contributed by atoms with Gasteiger partial charge in [-0.3, -0.25) is 4.79 Å². The van der Waals surface area contributed by atoms with Gasteiger partial charge in [0.1, 0.15) is 0 Å². The molecule has 1 amide bonds. The molecule has 0 saturated carbocycles. The van der Waals surface area contributed by atoms with Gasteiger partial charge < -0.3 is 4.90 Å². The normalized spacial score (nSPS) is 17.2. The van der Waals surface area contributed by atoms with Crippen LogP contribution >= 0.6 is 0 Å². The van der Waals surface area contributed by atoms with Gasteiger partial charge in [0, 0.05) is 19.2 Å². The van der Waals surface area contributed by atoms with Gasteiger partial charge in [0.25, 0.3) is 0 Å². The smallest absolute Gasteiger partial charge is 0.223 e. The molecule has 1 rings (SSSR count). The van der Waals surface area contributed by atoms with Crippen molar-refractivity contribution in [2.45, 2.75) is 20.3 Å². The quantitative estimate of drug-likeness (QED) is 0.633. The molecule has 0 radical (unpaired) electrons. The summed E-state index contributed by atoms with van der Waals surface area (Å²) in [5, 5.41) is 0. The number of amides is 1. The van der Waals surface area contributed by atoms with Crippen LogP contribution in [0.2, 0.25) is 0 Å². The molecule has 1 aliphatic rings. The molecule has 0 spiro atoms. The second-order valence-corrected chi connectivity index (χ2v) is 3.04. The highest BCUT2D eigenvalue weighted by molar-refractivity contribution is 5.77. The van der Waals surface area contributed by atoms with Crippen molar-refractivity contribution >= 4 is 5.91 Å². The third kappa shape index (κ3) is 1.89. The van der Waals surface area contributed by atoms with E-state index in [-0.39, 0.29) is 5.91 Å². The maximum absolute atomic E-state index is 11.2. The standard InChI is InChI=1S/C11H15NO/c1-4-6-11-10(5-2)7-8-12(11)9(3)13/h4-6H,2,7-8H2,1,3H3/b6-4-. The van der Waals surface area contributed by atoms with E-state index in [0.29, 0.717) is 0 Å². The first kappa shape index (κ1) is 9.78. The number of hydrogen-bond donors (Lipinski definition) is 0. The van der Waals surface area contributed by atoms with Crippen LogP contribution in [0, 0.1) is 0 Å². The van der Waals surface area contributed by atoms with E-state index in [0.717, 1.165) is 24.2 Å². The summed E-state index contributed by atoms with van der Waals surface area (Å²) in [5.74, 6) is 0.102. The number of rotatable bonds is 2. The van der Waals surface area contributed by atoms with Crippen LogP contribution in [0.25, 0.3) is 0 Å². The number of allylic oxidation sites excluding steroid dienone is 3. The third-order valence-corrected chi connectivity index (χ3v) is 2.18. The van der Waals surface area contributed by atoms with E-state index in [4.69, 9.17) is 0 Å². The molecule has 0 N–H and O–H groups in total. The third-order valence-electron chi connectivity index (χ3n) is 2.18. The van der Waals surface area contributed by atoms with E-state index in [1.807, 2.05) is 25.2 Å². The first-order chi connectivity index (χ1) is 6.20. The summed E-state index contributed by atoms with van der Waals surface area (Å²) >= 11 is 0. The Morgan fingerprint density at radius 2 is 2.31 bits per heavy atom. The summed E-state index contributed by atoms with van der Waals surface area (Å²) in [4.78, 5) is 13.0. The lowest BCUT2D eigenvalue weighted by Gasteiger charge is -2.15. The number of carbonyl (C=O) groups excluding carboxylic acids is 1. The van der Waals surface area contributed by atoms with E-state index in [2.05, 4.69) is 6.58 Å². The van der Waals surface area contributed by atoms with Gasteiger partial charge in [-0.05, 0) is 25.0 Å². The van der Waals surface area contributed by atoms with Crippen LogP contribution in [0.5, 0.6) is 0 Å². The van der Waals surface area contributed by atoms with E-state index in [1.165, 1.54) is 0 Å². The molecule has 2 nitrogen and oxygen atoms in total. The number of nitrogens with zero attached hydrogens (tertiary/aromatic N) is 1. The predicted octanol–water partition coefficient (Wildman–Crippen LogP) is 2.25. The average Bonchev–Trinajstić information content (AvgIpc) is 2.48. The van der Waals surface area contributed by atoms with Crippen LogP contribution in [0.3, 0.4) is 0 Å². The molecule has 0 bridgehead atoms. The molecule has 0 saturated heterocycles. The molecule has 0 aromatic rings. The van der Waals surface area contributed by atoms with Crippen molar-refractivity contribution in [3.05, 3.63) is 36.1 Å². The summed E-state index contributed by atoms with van der Waals surface area (Å²) in [7, 11) is 0. The zero-order chi connectivity index (χ0) is 9.84. The Morgan fingerprint density at radius 3 is 2.77 bits per heavy atom. The number of carbonyl (C=O) groups is 1. The average molecular weight is 177 g/mol. The van der Waals surface area contributed by atoms with E-state index in [9.17, 15) is 4.79 Å². The molecule has 0 aromatic carbocycles.